The van der Waals surface area contributed by atoms with Crippen LogP contribution in [-0.2, 0) is 49.3 Å². The SMILES string of the molecule is CC(C)(C)OC(=O)CN(CCN(CCN(CC(=O)OC(C)(C)C)C(Cc1ccccc1)C(=O)OC(C)(C)C)CC(=O)O)CC(=O)OC(C)(C)C. The Balaban J connectivity index is 3.38. The maximum atomic E-state index is 13.7. The normalized spacial score (nSPS) is 13.3. The summed E-state index contributed by atoms with van der Waals surface area (Å²) in [4.78, 5) is 69.1. The van der Waals surface area contributed by atoms with E-state index in [0.29, 0.717) is 0 Å². The van der Waals surface area contributed by atoms with Gasteiger partial charge >= 0.3 is 29.8 Å². The number of benzene rings is 1. The second kappa shape index (κ2) is 19.2. The van der Waals surface area contributed by atoms with E-state index >= 15 is 0 Å². The summed E-state index contributed by atoms with van der Waals surface area (Å²) < 4.78 is 22.3. The standard InChI is InChI=1S/C37H61N3O10/c1-34(2,3)47-30(43)24-39(25-31(44)48-35(4,5)6)19-18-38(23-29(41)42)20-21-40(26-32(45)49-36(7,8)9)28(33(46)50-37(10,11)12)22-27-16-14-13-15-17-27/h13-17,28H,18-26H2,1-12H3,(H,41,42). The van der Waals surface area contributed by atoms with Crippen LogP contribution in [0, 0.1) is 0 Å². The predicted molar refractivity (Wildman–Crippen MR) is 189 cm³/mol. The van der Waals surface area contributed by atoms with Crippen molar-refractivity contribution in [3.05, 3.63) is 35.9 Å². The van der Waals surface area contributed by atoms with Gasteiger partial charge in [0, 0.05) is 26.2 Å². The van der Waals surface area contributed by atoms with Crippen molar-refractivity contribution in [2.45, 2.75) is 118 Å². The topological polar surface area (TPSA) is 152 Å². The number of nitrogens with zero attached hydrogens (tertiary/aromatic N) is 3. The molecule has 0 aromatic heterocycles. The largest absolute Gasteiger partial charge is 0.480 e. The minimum Gasteiger partial charge on any atom is -0.480 e. The Morgan fingerprint density at radius 3 is 1.38 bits per heavy atom. The molecule has 0 aliphatic heterocycles. The van der Waals surface area contributed by atoms with Crippen LogP contribution >= 0.6 is 0 Å². The number of carboxylic acids is 1. The molecule has 1 rings (SSSR count). The van der Waals surface area contributed by atoms with Crippen molar-refractivity contribution < 1.29 is 48.0 Å². The van der Waals surface area contributed by atoms with Gasteiger partial charge in [0.05, 0.1) is 26.2 Å². The first-order valence-electron chi connectivity index (χ1n) is 17.0. The molecule has 1 aromatic rings. The third kappa shape index (κ3) is 21.5. The van der Waals surface area contributed by atoms with Crippen LogP contribution in [-0.4, -0.2) is 130 Å². The first kappa shape index (κ1) is 44.5. The Labute approximate surface area is 298 Å². The van der Waals surface area contributed by atoms with Crippen molar-refractivity contribution in [2.24, 2.45) is 0 Å². The summed E-state index contributed by atoms with van der Waals surface area (Å²) in [6, 6.07) is 8.44. The monoisotopic (exact) mass is 707 g/mol. The van der Waals surface area contributed by atoms with E-state index in [2.05, 4.69) is 0 Å². The van der Waals surface area contributed by atoms with Gasteiger partial charge in [-0.3, -0.25) is 38.7 Å². The Kier molecular flexibility index (Phi) is 17.0. The van der Waals surface area contributed by atoms with Crippen LogP contribution in [0.4, 0.5) is 0 Å². The van der Waals surface area contributed by atoms with Crippen LogP contribution in [0.5, 0.6) is 0 Å². The Bertz CT molecular complexity index is 1230. The van der Waals surface area contributed by atoms with Crippen LogP contribution in [0.2, 0.25) is 0 Å². The number of aliphatic carboxylic acids is 1. The lowest BCUT2D eigenvalue weighted by Crippen LogP contribution is -2.52. The fourth-order valence-electron chi connectivity index (χ4n) is 4.79. The predicted octanol–water partition coefficient (Wildman–Crippen LogP) is 3.96. The van der Waals surface area contributed by atoms with Crippen molar-refractivity contribution >= 4 is 29.8 Å². The molecule has 0 spiro atoms. The van der Waals surface area contributed by atoms with Gasteiger partial charge in [-0.1, -0.05) is 30.3 Å². The molecule has 50 heavy (non-hydrogen) atoms. The van der Waals surface area contributed by atoms with E-state index < -0.39 is 58.3 Å². The summed E-state index contributed by atoms with van der Waals surface area (Å²) >= 11 is 0. The molecular formula is C37H61N3O10. The van der Waals surface area contributed by atoms with Crippen LogP contribution in [0.1, 0.15) is 88.6 Å². The van der Waals surface area contributed by atoms with E-state index in [1.54, 1.807) is 97.8 Å². The second-order valence-corrected chi connectivity index (χ2v) is 16.3. The summed E-state index contributed by atoms with van der Waals surface area (Å²) in [5, 5.41) is 9.79. The highest BCUT2D eigenvalue weighted by Crippen LogP contribution is 2.18. The van der Waals surface area contributed by atoms with Gasteiger partial charge in [-0.25, -0.2) is 0 Å². The summed E-state index contributed by atoms with van der Waals surface area (Å²) in [6.45, 7) is 20.4. The zero-order valence-electron chi connectivity index (χ0n) is 32.3. The molecule has 0 aliphatic rings. The van der Waals surface area contributed by atoms with Gasteiger partial charge in [0.2, 0.25) is 0 Å². The highest BCUT2D eigenvalue weighted by atomic mass is 16.6. The van der Waals surface area contributed by atoms with Crippen molar-refractivity contribution in [2.75, 3.05) is 52.4 Å². The van der Waals surface area contributed by atoms with E-state index in [-0.39, 0.29) is 58.8 Å². The molecule has 284 valence electrons. The third-order valence-electron chi connectivity index (χ3n) is 6.48. The molecule has 0 radical (unpaired) electrons. The molecule has 0 aliphatic carbocycles. The molecule has 1 atom stereocenters. The lowest BCUT2D eigenvalue weighted by atomic mass is 10.0. The number of esters is 4. The average Bonchev–Trinajstić information content (AvgIpc) is 2.88. The average molecular weight is 708 g/mol. The molecule has 1 N–H and O–H groups in total. The fraction of sp³-hybridized carbons (Fsp3) is 0.703. The van der Waals surface area contributed by atoms with Crippen molar-refractivity contribution in [1.29, 1.82) is 0 Å². The number of carbonyl (C=O) groups excluding carboxylic acids is 4. The highest BCUT2D eigenvalue weighted by molar-refractivity contribution is 5.79. The van der Waals surface area contributed by atoms with Gasteiger partial charge in [0.15, 0.2) is 0 Å². The lowest BCUT2D eigenvalue weighted by Gasteiger charge is -2.34. The Morgan fingerprint density at radius 2 is 0.960 bits per heavy atom. The van der Waals surface area contributed by atoms with Gasteiger partial charge in [0.1, 0.15) is 28.4 Å². The fourth-order valence-corrected chi connectivity index (χ4v) is 4.79. The van der Waals surface area contributed by atoms with Crippen LogP contribution in [0.3, 0.4) is 0 Å². The molecular weight excluding hydrogens is 646 g/mol. The number of carbonyl (C=O) groups is 5. The van der Waals surface area contributed by atoms with E-state index in [0.717, 1.165) is 5.56 Å². The number of hydrogen-bond donors (Lipinski definition) is 1. The lowest BCUT2D eigenvalue weighted by molar-refractivity contribution is -0.165. The second-order valence-electron chi connectivity index (χ2n) is 16.3. The number of ether oxygens (including phenoxy) is 4. The third-order valence-corrected chi connectivity index (χ3v) is 6.48. The molecule has 0 heterocycles. The summed E-state index contributed by atoms with van der Waals surface area (Å²) in [6.07, 6.45) is 0.233. The zero-order chi connectivity index (χ0) is 38.5. The molecule has 0 saturated heterocycles. The minimum absolute atomic E-state index is 0.0986. The maximum absolute atomic E-state index is 13.7. The highest BCUT2D eigenvalue weighted by Gasteiger charge is 2.34. The van der Waals surface area contributed by atoms with Gasteiger partial charge in [-0.2, -0.15) is 0 Å². The summed E-state index contributed by atoms with van der Waals surface area (Å²) in [5.74, 6) is -3.27. The maximum Gasteiger partial charge on any atom is 0.324 e. The molecule has 13 heteroatoms. The van der Waals surface area contributed by atoms with Crippen LogP contribution in [0.15, 0.2) is 30.3 Å². The quantitative estimate of drug-likeness (QED) is 0.173. The molecule has 0 fully saturated rings. The zero-order valence-corrected chi connectivity index (χ0v) is 32.3. The van der Waals surface area contributed by atoms with Crippen molar-refractivity contribution in [3.8, 4) is 0 Å². The van der Waals surface area contributed by atoms with Crippen LogP contribution < -0.4 is 0 Å². The van der Waals surface area contributed by atoms with E-state index in [1.165, 1.54) is 0 Å². The Morgan fingerprint density at radius 1 is 0.560 bits per heavy atom. The number of hydrogen-bond acceptors (Lipinski definition) is 12. The van der Waals surface area contributed by atoms with Gasteiger partial charge < -0.3 is 24.1 Å². The van der Waals surface area contributed by atoms with Gasteiger partial charge in [-0.05, 0) is 95.1 Å². The molecule has 1 aromatic carbocycles. The molecule has 0 saturated carbocycles. The summed E-state index contributed by atoms with van der Waals surface area (Å²) in [7, 11) is 0. The molecule has 13 nitrogen and oxygen atoms in total. The van der Waals surface area contributed by atoms with Gasteiger partial charge in [0.25, 0.3) is 0 Å². The molecule has 0 amide bonds. The van der Waals surface area contributed by atoms with Crippen molar-refractivity contribution in [1.82, 2.24) is 14.7 Å². The first-order chi connectivity index (χ1) is 22.7. The smallest absolute Gasteiger partial charge is 0.324 e. The first-order valence-corrected chi connectivity index (χ1v) is 17.0. The van der Waals surface area contributed by atoms with E-state index in [4.69, 9.17) is 18.9 Å². The number of rotatable bonds is 18. The number of carboxylic acid groups (broad SMARTS) is 1. The van der Waals surface area contributed by atoms with E-state index in [9.17, 15) is 29.1 Å². The summed E-state index contributed by atoms with van der Waals surface area (Å²) in [5.41, 5.74) is -2.21. The van der Waals surface area contributed by atoms with Crippen molar-refractivity contribution in [3.63, 3.8) is 0 Å². The van der Waals surface area contributed by atoms with E-state index in [1.807, 2.05) is 30.3 Å². The Hall–Kier alpha value is -3.55. The molecule has 1 unspecified atom stereocenters. The van der Waals surface area contributed by atoms with Crippen LogP contribution in [0.25, 0.3) is 0 Å². The van der Waals surface area contributed by atoms with Gasteiger partial charge in [-0.15, -0.1) is 0 Å². The minimum atomic E-state index is -1.09. The molecule has 0 bridgehead atoms.